The Balaban J connectivity index is 2.03. The van der Waals surface area contributed by atoms with Gasteiger partial charge in [0.2, 0.25) is 0 Å². The molecule has 3 nitrogen and oxygen atoms in total. The van der Waals surface area contributed by atoms with Crippen molar-refractivity contribution in [3.8, 4) is 9.88 Å². The first kappa shape index (κ1) is 13.2. The van der Waals surface area contributed by atoms with Gasteiger partial charge in [0.25, 0.3) is 0 Å². The Labute approximate surface area is 114 Å². The summed E-state index contributed by atoms with van der Waals surface area (Å²) >= 11 is 3.42. The predicted octanol–water partition coefficient (Wildman–Crippen LogP) is 3.54. The summed E-state index contributed by atoms with van der Waals surface area (Å²) in [5.74, 6) is -0.186. The maximum absolute atomic E-state index is 11.1. The number of ether oxygens (including phenoxy) is 1. The van der Waals surface area contributed by atoms with E-state index >= 15 is 0 Å². The quantitative estimate of drug-likeness (QED) is 0.787. The fourth-order valence-corrected chi connectivity index (χ4v) is 3.42. The number of rotatable bonds is 5. The third kappa shape index (κ3) is 3.17. The summed E-state index contributed by atoms with van der Waals surface area (Å²) in [4.78, 5) is 18.2. The fourth-order valence-electron chi connectivity index (χ4n) is 1.55. The lowest BCUT2D eigenvalue weighted by Gasteiger charge is -1.95. The molecule has 2 aromatic rings. The number of hydrogen-bond donors (Lipinski definition) is 0. The Kier molecular flexibility index (Phi) is 4.49. The number of thiophene rings is 1. The van der Waals surface area contributed by atoms with Crippen LogP contribution in [0.15, 0.2) is 17.5 Å². The van der Waals surface area contributed by atoms with E-state index in [0.29, 0.717) is 12.8 Å². The molecule has 0 fully saturated rings. The molecule has 0 bridgehead atoms. The first-order valence-corrected chi connectivity index (χ1v) is 7.53. The van der Waals surface area contributed by atoms with Crippen LogP contribution >= 0.6 is 22.7 Å². The van der Waals surface area contributed by atoms with E-state index in [-0.39, 0.29) is 5.97 Å². The van der Waals surface area contributed by atoms with E-state index < -0.39 is 0 Å². The number of nitrogens with zero attached hydrogens (tertiary/aromatic N) is 1. The number of hydrogen-bond acceptors (Lipinski definition) is 5. The first-order valence-electron chi connectivity index (χ1n) is 5.83. The molecule has 0 aromatic carbocycles. The zero-order valence-electron chi connectivity index (χ0n) is 10.4. The molecule has 2 heterocycles. The molecule has 0 saturated carbocycles. The summed E-state index contributed by atoms with van der Waals surface area (Å²) in [6.45, 7) is 2.15. The van der Waals surface area contributed by atoms with Crippen LogP contribution in [0.2, 0.25) is 0 Å². The van der Waals surface area contributed by atoms with Gasteiger partial charge in [0.15, 0.2) is 0 Å². The maximum atomic E-state index is 11.1. The third-order valence-electron chi connectivity index (χ3n) is 2.59. The molecule has 5 heteroatoms. The van der Waals surface area contributed by atoms with E-state index in [9.17, 15) is 4.79 Å². The maximum Gasteiger partial charge on any atom is 0.305 e. The van der Waals surface area contributed by atoms with Crippen LogP contribution in [0.1, 0.15) is 23.9 Å². The van der Waals surface area contributed by atoms with Crippen LogP contribution < -0.4 is 0 Å². The smallest absolute Gasteiger partial charge is 0.305 e. The second-order valence-electron chi connectivity index (χ2n) is 3.84. The number of thiazole rings is 1. The van der Waals surface area contributed by atoms with Crippen molar-refractivity contribution in [2.75, 3.05) is 7.11 Å². The molecule has 0 radical (unpaired) electrons. The van der Waals surface area contributed by atoms with E-state index in [0.717, 1.165) is 17.1 Å². The second-order valence-corrected chi connectivity index (χ2v) is 5.87. The van der Waals surface area contributed by atoms with Gasteiger partial charge in [-0.15, -0.1) is 22.7 Å². The van der Waals surface area contributed by atoms with Crippen LogP contribution in [0.3, 0.4) is 0 Å². The Morgan fingerprint density at radius 1 is 1.44 bits per heavy atom. The van der Waals surface area contributed by atoms with Crippen molar-refractivity contribution in [1.82, 2.24) is 4.98 Å². The molecule has 0 aliphatic rings. The van der Waals surface area contributed by atoms with Crippen molar-refractivity contribution >= 4 is 28.6 Å². The van der Waals surface area contributed by atoms with Gasteiger partial charge in [-0.25, -0.2) is 4.98 Å². The van der Waals surface area contributed by atoms with Crippen LogP contribution in [0, 0.1) is 0 Å². The molecule has 0 aliphatic heterocycles. The lowest BCUT2D eigenvalue weighted by molar-refractivity contribution is -0.140. The summed E-state index contributed by atoms with van der Waals surface area (Å²) in [6.07, 6.45) is 2.10. The Bertz CT molecular complexity index is 531. The van der Waals surface area contributed by atoms with Gasteiger partial charge in [0.05, 0.1) is 24.1 Å². The van der Waals surface area contributed by atoms with Crippen LogP contribution in [-0.4, -0.2) is 18.1 Å². The minimum atomic E-state index is -0.186. The summed E-state index contributed by atoms with van der Waals surface area (Å²) in [5, 5.41) is 3.06. The largest absolute Gasteiger partial charge is 0.469 e. The molecule has 96 valence electrons. The lowest BCUT2D eigenvalue weighted by atomic mass is 10.2. The number of aromatic nitrogens is 1. The molecular formula is C13H15NO2S2. The molecule has 0 amide bonds. The van der Waals surface area contributed by atoms with Gasteiger partial charge in [-0.3, -0.25) is 4.79 Å². The van der Waals surface area contributed by atoms with Crippen molar-refractivity contribution in [2.24, 2.45) is 0 Å². The van der Waals surface area contributed by atoms with E-state index in [4.69, 9.17) is 0 Å². The van der Waals surface area contributed by atoms with E-state index in [1.54, 1.807) is 22.7 Å². The zero-order chi connectivity index (χ0) is 13.0. The third-order valence-corrected chi connectivity index (χ3v) is 4.88. The number of carbonyl (C=O) groups is 1. The average Bonchev–Trinajstić information content (AvgIpc) is 3.03. The van der Waals surface area contributed by atoms with Crippen molar-refractivity contribution in [3.05, 3.63) is 28.1 Å². The molecule has 2 rings (SSSR count). The van der Waals surface area contributed by atoms with Gasteiger partial charge < -0.3 is 4.74 Å². The highest BCUT2D eigenvalue weighted by Gasteiger charge is 2.09. The highest BCUT2D eigenvalue weighted by atomic mass is 32.1. The summed E-state index contributed by atoms with van der Waals surface area (Å²) in [6, 6.07) is 4.27. The standard InChI is InChI=1S/C13H15NO2S2/c1-3-10-5-6-11(18-10)13-14-9(8-17-13)4-7-12(15)16-2/h5-6,8H,3-4,7H2,1-2H3. The minimum Gasteiger partial charge on any atom is -0.469 e. The molecule has 2 aromatic heterocycles. The van der Waals surface area contributed by atoms with Gasteiger partial charge >= 0.3 is 5.97 Å². The Hall–Kier alpha value is -1.20. The molecule has 0 N–H and O–H groups in total. The van der Waals surface area contributed by atoms with E-state index in [2.05, 4.69) is 28.8 Å². The van der Waals surface area contributed by atoms with Gasteiger partial charge in [-0.1, -0.05) is 6.92 Å². The average molecular weight is 281 g/mol. The van der Waals surface area contributed by atoms with Gasteiger partial charge in [-0.05, 0) is 18.6 Å². The number of esters is 1. The normalized spacial score (nSPS) is 10.6. The molecule has 0 unspecified atom stereocenters. The fraction of sp³-hybridized carbons (Fsp3) is 0.385. The Morgan fingerprint density at radius 3 is 2.94 bits per heavy atom. The van der Waals surface area contributed by atoms with Crippen LogP contribution in [0.25, 0.3) is 9.88 Å². The highest BCUT2D eigenvalue weighted by Crippen LogP contribution is 2.31. The molecule has 0 saturated heterocycles. The van der Waals surface area contributed by atoms with E-state index in [1.165, 1.54) is 16.9 Å². The Morgan fingerprint density at radius 2 is 2.28 bits per heavy atom. The number of carbonyl (C=O) groups excluding carboxylic acids is 1. The number of aryl methyl sites for hydroxylation is 2. The first-order chi connectivity index (χ1) is 8.72. The minimum absolute atomic E-state index is 0.186. The van der Waals surface area contributed by atoms with Crippen molar-refractivity contribution in [1.29, 1.82) is 0 Å². The molecule has 0 aliphatic carbocycles. The van der Waals surface area contributed by atoms with Crippen molar-refractivity contribution < 1.29 is 9.53 Å². The van der Waals surface area contributed by atoms with Gasteiger partial charge in [0.1, 0.15) is 5.01 Å². The summed E-state index contributed by atoms with van der Waals surface area (Å²) in [5.41, 5.74) is 0.965. The van der Waals surface area contributed by atoms with Crippen molar-refractivity contribution in [3.63, 3.8) is 0 Å². The highest BCUT2D eigenvalue weighted by molar-refractivity contribution is 7.21. The molecule has 18 heavy (non-hydrogen) atoms. The van der Waals surface area contributed by atoms with E-state index in [1.807, 2.05) is 5.38 Å². The van der Waals surface area contributed by atoms with Crippen LogP contribution in [-0.2, 0) is 22.4 Å². The van der Waals surface area contributed by atoms with Gasteiger partial charge in [0, 0.05) is 16.7 Å². The molecule has 0 spiro atoms. The number of methoxy groups -OCH3 is 1. The molecule has 0 atom stereocenters. The lowest BCUT2D eigenvalue weighted by Crippen LogP contribution is -2.01. The summed E-state index contributed by atoms with van der Waals surface area (Å²) < 4.78 is 4.62. The van der Waals surface area contributed by atoms with Crippen LogP contribution in [0.5, 0.6) is 0 Å². The summed E-state index contributed by atoms with van der Waals surface area (Å²) in [7, 11) is 1.41. The van der Waals surface area contributed by atoms with Gasteiger partial charge in [-0.2, -0.15) is 0 Å². The van der Waals surface area contributed by atoms with Crippen molar-refractivity contribution in [2.45, 2.75) is 26.2 Å². The monoisotopic (exact) mass is 281 g/mol. The topological polar surface area (TPSA) is 39.2 Å². The second kappa shape index (κ2) is 6.11. The zero-order valence-corrected chi connectivity index (χ0v) is 12.1. The predicted molar refractivity (Wildman–Crippen MR) is 75.1 cm³/mol. The molecular weight excluding hydrogens is 266 g/mol. The SMILES string of the molecule is CCc1ccc(-c2nc(CCC(=O)OC)cs2)s1. The van der Waals surface area contributed by atoms with Crippen LogP contribution in [0.4, 0.5) is 0 Å².